The van der Waals surface area contributed by atoms with Crippen molar-refractivity contribution in [3.05, 3.63) is 0 Å². The Kier molecular flexibility index (Phi) is 19.0. The number of halogens is 2. The lowest BCUT2D eigenvalue weighted by Gasteiger charge is -2.35. The SMILES string of the molecule is CC[N+]1(C)CCCC1.CC[N+]1(C)CCCC1.CC[N+]1(C)CCCC1.O=C(F)C(=O)F.[O-]B([O-])[O-]. The van der Waals surface area contributed by atoms with Gasteiger partial charge in [0, 0.05) is 38.5 Å². The van der Waals surface area contributed by atoms with Gasteiger partial charge in [-0.2, -0.15) is 8.78 Å². The van der Waals surface area contributed by atoms with Gasteiger partial charge < -0.3 is 28.5 Å². The average Bonchev–Trinajstić information content (AvgIpc) is 3.52. The van der Waals surface area contributed by atoms with E-state index in [2.05, 4.69) is 41.9 Å². The molecule has 0 atom stereocenters. The molecule has 3 fully saturated rings. The number of rotatable bonds is 4. The Morgan fingerprint density at radius 3 is 0.794 bits per heavy atom. The van der Waals surface area contributed by atoms with Crippen LogP contribution in [0.3, 0.4) is 0 Å². The Balaban J connectivity index is 0. The number of hydrogen-bond donors (Lipinski definition) is 0. The molecule has 0 amide bonds. The van der Waals surface area contributed by atoms with Crippen molar-refractivity contribution in [1.82, 2.24) is 0 Å². The van der Waals surface area contributed by atoms with Crippen molar-refractivity contribution in [3.63, 3.8) is 0 Å². The van der Waals surface area contributed by atoms with E-state index in [1.807, 2.05) is 0 Å². The highest BCUT2D eigenvalue weighted by Gasteiger charge is 2.25. The molecule has 202 valence electrons. The molecule has 3 aliphatic heterocycles. The fourth-order valence-electron chi connectivity index (χ4n) is 4.25. The maximum absolute atomic E-state index is 10.5. The first kappa shape index (κ1) is 35.2. The van der Waals surface area contributed by atoms with Gasteiger partial charge >= 0.3 is 12.1 Å². The van der Waals surface area contributed by atoms with Gasteiger partial charge in [0.15, 0.2) is 0 Å². The summed E-state index contributed by atoms with van der Waals surface area (Å²) in [5.41, 5.74) is 0. The van der Waals surface area contributed by atoms with Gasteiger partial charge in [-0.3, -0.25) is 7.32 Å². The molecule has 34 heavy (non-hydrogen) atoms. The molecule has 8 nitrogen and oxygen atoms in total. The topological polar surface area (TPSA) is 103 Å². The highest BCUT2D eigenvalue weighted by Crippen LogP contribution is 2.15. The number of carbonyl (C=O) groups excluding carboxylic acids is 2. The number of quaternary nitrogens is 3. The minimum atomic E-state index is -2.92. The molecule has 0 N–H and O–H groups in total. The van der Waals surface area contributed by atoms with Gasteiger partial charge in [0.2, 0.25) is 0 Å². The molecule has 3 aliphatic rings. The minimum Gasteiger partial charge on any atom is -0.907 e. The maximum Gasteiger partial charge on any atom is 0.401 e. The molecule has 3 rings (SSSR count). The van der Waals surface area contributed by atoms with Crippen LogP contribution in [0.25, 0.3) is 0 Å². The van der Waals surface area contributed by atoms with Crippen LogP contribution in [0.2, 0.25) is 0 Å². The van der Waals surface area contributed by atoms with E-state index in [4.69, 9.17) is 24.7 Å². The van der Waals surface area contributed by atoms with Crippen LogP contribution < -0.4 is 15.1 Å². The second kappa shape index (κ2) is 18.3. The lowest BCUT2D eigenvalue weighted by Crippen LogP contribution is -2.56. The summed E-state index contributed by atoms with van der Waals surface area (Å²) in [4.78, 5) is 17.5. The van der Waals surface area contributed by atoms with Gasteiger partial charge in [0.05, 0.1) is 80.0 Å². The van der Waals surface area contributed by atoms with Gasteiger partial charge in [-0.1, -0.05) is 0 Å². The van der Waals surface area contributed by atoms with E-state index in [1.165, 1.54) is 111 Å². The smallest absolute Gasteiger partial charge is 0.401 e. The number of nitrogens with zero attached hydrogens (tertiary/aromatic N) is 3. The predicted molar refractivity (Wildman–Crippen MR) is 125 cm³/mol. The van der Waals surface area contributed by atoms with Crippen LogP contribution in [0, 0.1) is 0 Å². The molecule has 3 heterocycles. The van der Waals surface area contributed by atoms with E-state index in [1.54, 1.807) is 0 Å². The van der Waals surface area contributed by atoms with Gasteiger partial charge in [-0.15, -0.1) is 0 Å². The van der Waals surface area contributed by atoms with Crippen molar-refractivity contribution in [2.45, 2.75) is 59.3 Å². The standard InChI is InChI=1S/3C7H16N.C2F2O2.BO3/c3*1-3-8(2)6-4-5-7-8;3-1(5)2(4)6;2-1(3)4/h3*3-7H2,1-2H3;;/q3*+1;;-3. The highest BCUT2D eigenvalue weighted by molar-refractivity contribution is 6.28. The van der Waals surface area contributed by atoms with Crippen LogP contribution in [-0.4, -0.2) is 113 Å². The quantitative estimate of drug-likeness (QED) is 0.232. The summed E-state index contributed by atoms with van der Waals surface area (Å²) >= 11 is 0. The number of carbonyl (C=O) groups is 2. The van der Waals surface area contributed by atoms with Crippen LogP contribution in [0.5, 0.6) is 0 Å². The Labute approximate surface area is 206 Å². The zero-order chi connectivity index (χ0) is 26.8. The second-order valence-corrected chi connectivity index (χ2v) is 10.1. The van der Waals surface area contributed by atoms with Gasteiger partial charge in [-0.25, -0.2) is 9.59 Å². The van der Waals surface area contributed by atoms with Crippen molar-refractivity contribution in [1.29, 1.82) is 0 Å². The Morgan fingerprint density at radius 2 is 0.735 bits per heavy atom. The first-order valence-electron chi connectivity index (χ1n) is 12.6. The molecule has 0 aromatic rings. The van der Waals surface area contributed by atoms with Crippen LogP contribution in [-0.2, 0) is 9.59 Å². The summed E-state index contributed by atoms with van der Waals surface area (Å²) < 4.78 is 24.9. The van der Waals surface area contributed by atoms with Crippen LogP contribution in [0.15, 0.2) is 0 Å². The van der Waals surface area contributed by atoms with Crippen molar-refractivity contribution < 1.29 is 46.9 Å². The van der Waals surface area contributed by atoms with Crippen molar-refractivity contribution >= 4 is 19.4 Å². The Morgan fingerprint density at radius 1 is 0.588 bits per heavy atom. The number of hydrogen-bond acceptors (Lipinski definition) is 5. The molecule has 0 aromatic carbocycles. The van der Waals surface area contributed by atoms with E-state index in [0.717, 1.165) is 0 Å². The monoisotopic (exact) mass is 495 g/mol. The van der Waals surface area contributed by atoms with E-state index in [0.29, 0.717) is 0 Å². The zero-order valence-corrected chi connectivity index (χ0v) is 22.3. The van der Waals surface area contributed by atoms with Gasteiger partial charge in [0.1, 0.15) is 0 Å². The summed E-state index contributed by atoms with van der Waals surface area (Å²) in [5, 5.41) is 25.2. The third-order valence-electron chi connectivity index (χ3n) is 7.38. The summed E-state index contributed by atoms with van der Waals surface area (Å²) in [6.45, 7) is 19.3. The summed E-state index contributed by atoms with van der Waals surface area (Å²) in [5.74, 6) is 0. The molecular formula is C23H48BF2N3O5. The average molecular weight is 495 g/mol. The van der Waals surface area contributed by atoms with Gasteiger partial charge in [-0.05, 0) is 20.8 Å². The number of likely N-dealkylation sites (tertiary alicyclic amines) is 3. The normalized spacial score (nSPS) is 20.7. The fraction of sp³-hybridized carbons (Fsp3) is 0.913. The molecule has 0 saturated carbocycles. The first-order chi connectivity index (χ1) is 15.7. The molecule has 0 spiro atoms. The van der Waals surface area contributed by atoms with E-state index >= 15 is 0 Å². The molecule has 11 heteroatoms. The molecule has 0 radical (unpaired) electrons. The third-order valence-corrected chi connectivity index (χ3v) is 7.38. The molecule has 3 saturated heterocycles. The highest BCUT2D eigenvalue weighted by atomic mass is 19.2. The van der Waals surface area contributed by atoms with Gasteiger partial charge in [0.25, 0.3) is 0 Å². The maximum atomic E-state index is 10.5. The van der Waals surface area contributed by atoms with Crippen molar-refractivity contribution in [2.75, 3.05) is 80.0 Å². The van der Waals surface area contributed by atoms with Crippen LogP contribution >= 0.6 is 0 Å². The lowest BCUT2D eigenvalue weighted by molar-refractivity contribution is -0.895. The Hall–Kier alpha value is -0.975. The third kappa shape index (κ3) is 18.4. The van der Waals surface area contributed by atoms with Crippen molar-refractivity contribution in [2.24, 2.45) is 0 Å². The molecular weight excluding hydrogens is 447 g/mol. The zero-order valence-electron chi connectivity index (χ0n) is 22.3. The summed E-state index contributed by atoms with van der Waals surface area (Å²) in [6.07, 6.45) is 8.69. The molecule has 0 bridgehead atoms. The fourth-order valence-corrected chi connectivity index (χ4v) is 4.25. The second-order valence-electron chi connectivity index (χ2n) is 10.1. The van der Waals surface area contributed by atoms with E-state index in [-0.39, 0.29) is 0 Å². The summed E-state index contributed by atoms with van der Waals surface area (Å²) in [6, 6.07) is -5.09. The lowest BCUT2D eigenvalue weighted by atomic mass is 10.3. The van der Waals surface area contributed by atoms with E-state index in [9.17, 15) is 8.78 Å². The Bertz CT molecular complexity index is 486. The summed E-state index contributed by atoms with van der Waals surface area (Å²) in [7, 11) is 4.15. The molecule has 0 unspecified atom stereocenters. The molecule has 0 aromatic heterocycles. The largest absolute Gasteiger partial charge is 0.907 e. The predicted octanol–water partition coefficient (Wildman–Crippen LogP) is -0.229. The van der Waals surface area contributed by atoms with Crippen molar-refractivity contribution in [3.8, 4) is 0 Å². The van der Waals surface area contributed by atoms with Crippen LogP contribution in [0.1, 0.15) is 59.3 Å². The first-order valence-corrected chi connectivity index (χ1v) is 12.6. The van der Waals surface area contributed by atoms with E-state index < -0.39 is 19.4 Å². The minimum absolute atomic E-state index is 1.32. The van der Waals surface area contributed by atoms with Crippen LogP contribution in [0.4, 0.5) is 8.78 Å². The molecule has 0 aliphatic carbocycles.